The number of hydrogen-bond acceptors (Lipinski definition) is 6. The molecule has 0 unspecified atom stereocenters. The maximum atomic E-state index is 13.1. The molecule has 2 amide bonds. The molecule has 0 radical (unpaired) electrons. The van der Waals surface area contributed by atoms with Crippen molar-refractivity contribution < 1.29 is 14.6 Å². The van der Waals surface area contributed by atoms with Crippen molar-refractivity contribution in [1.82, 2.24) is 19.8 Å². The number of rotatable bonds is 4. The maximum Gasteiger partial charge on any atom is 0.323 e. The summed E-state index contributed by atoms with van der Waals surface area (Å²) in [4.78, 5) is 25.9. The topological polar surface area (TPSA) is 90.8 Å². The third kappa shape index (κ3) is 5.84. The standard InChI is InChI=1S/C29H31N5O3/c1-2-37-28-19-30-27(18-31-28)32-29(36)34-16-5-15-33-17-14-24(25(33)20-34)22-11-8-21(9-12-22)10-13-23-6-3-4-7-26(23)35/h3-4,6-9,11-12,18-19,24-25,35H,2,5,14-17,20H2,1H3,(H,30,32,36)/t24-,25+/m1/s1. The average Bonchev–Trinajstić information content (AvgIpc) is 3.19. The van der Waals surface area contributed by atoms with Crippen LogP contribution in [0.25, 0.3) is 0 Å². The number of benzene rings is 2. The van der Waals surface area contributed by atoms with Crippen LogP contribution in [0.3, 0.4) is 0 Å². The second kappa shape index (κ2) is 11.3. The van der Waals surface area contributed by atoms with E-state index >= 15 is 0 Å². The number of urea groups is 1. The lowest BCUT2D eigenvalue weighted by molar-refractivity contribution is 0.196. The van der Waals surface area contributed by atoms with Crippen LogP contribution >= 0.6 is 0 Å². The number of hydrogen-bond donors (Lipinski definition) is 2. The number of carbonyl (C=O) groups is 1. The molecule has 0 spiro atoms. The lowest BCUT2D eigenvalue weighted by Gasteiger charge is -2.30. The molecule has 190 valence electrons. The van der Waals surface area contributed by atoms with E-state index in [1.165, 1.54) is 18.0 Å². The van der Waals surface area contributed by atoms with Crippen LogP contribution < -0.4 is 10.1 Å². The zero-order valence-electron chi connectivity index (χ0n) is 20.9. The van der Waals surface area contributed by atoms with E-state index < -0.39 is 0 Å². The van der Waals surface area contributed by atoms with E-state index in [1.807, 2.05) is 30.0 Å². The highest BCUT2D eigenvalue weighted by molar-refractivity contribution is 5.88. The molecule has 0 bridgehead atoms. The maximum absolute atomic E-state index is 13.1. The van der Waals surface area contributed by atoms with Crippen molar-refractivity contribution >= 4 is 11.8 Å². The van der Waals surface area contributed by atoms with E-state index in [9.17, 15) is 9.90 Å². The number of phenolic OH excluding ortho intramolecular Hbond substituents is 1. The Morgan fingerprint density at radius 1 is 1.08 bits per heavy atom. The van der Waals surface area contributed by atoms with Gasteiger partial charge in [0, 0.05) is 37.2 Å². The molecule has 37 heavy (non-hydrogen) atoms. The first-order chi connectivity index (χ1) is 18.1. The number of ether oxygens (including phenoxy) is 1. The zero-order chi connectivity index (χ0) is 25.6. The summed E-state index contributed by atoms with van der Waals surface area (Å²) in [7, 11) is 0. The van der Waals surface area contributed by atoms with Crippen molar-refractivity contribution in [3.05, 3.63) is 77.6 Å². The minimum absolute atomic E-state index is 0.152. The van der Waals surface area contributed by atoms with Crippen LogP contribution in [0, 0.1) is 11.8 Å². The highest BCUT2D eigenvalue weighted by atomic mass is 16.5. The molecule has 3 heterocycles. The third-order valence-corrected chi connectivity index (χ3v) is 6.97. The Morgan fingerprint density at radius 3 is 2.68 bits per heavy atom. The van der Waals surface area contributed by atoms with Gasteiger partial charge in [0.15, 0.2) is 5.82 Å². The van der Waals surface area contributed by atoms with Gasteiger partial charge in [0.05, 0.1) is 24.6 Å². The van der Waals surface area contributed by atoms with Gasteiger partial charge in [-0.3, -0.25) is 10.2 Å². The van der Waals surface area contributed by atoms with Crippen molar-refractivity contribution in [2.24, 2.45) is 0 Å². The third-order valence-electron chi connectivity index (χ3n) is 6.97. The molecular formula is C29H31N5O3. The molecule has 0 saturated carbocycles. The number of carbonyl (C=O) groups excluding carboxylic acids is 1. The average molecular weight is 498 g/mol. The molecule has 2 saturated heterocycles. The fourth-order valence-corrected chi connectivity index (χ4v) is 5.12. The van der Waals surface area contributed by atoms with E-state index in [4.69, 9.17) is 4.74 Å². The predicted molar refractivity (Wildman–Crippen MR) is 142 cm³/mol. The van der Waals surface area contributed by atoms with Crippen LogP contribution in [-0.4, -0.2) is 69.7 Å². The first-order valence-corrected chi connectivity index (χ1v) is 12.8. The van der Waals surface area contributed by atoms with Crippen molar-refractivity contribution in [3.63, 3.8) is 0 Å². The summed E-state index contributed by atoms with van der Waals surface area (Å²) in [5, 5.41) is 12.8. The number of para-hydroxylation sites is 1. The Balaban J connectivity index is 1.25. The quantitative estimate of drug-likeness (QED) is 0.528. The van der Waals surface area contributed by atoms with Gasteiger partial charge in [-0.2, -0.15) is 0 Å². The van der Waals surface area contributed by atoms with Crippen molar-refractivity contribution in [2.45, 2.75) is 31.7 Å². The van der Waals surface area contributed by atoms with Crippen molar-refractivity contribution in [2.75, 3.05) is 38.1 Å². The van der Waals surface area contributed by atoms with Crippen molar-refractivity contribution in [3.8, 4) is 23.5 Å². The number of fused-ring (bicyclic) bond motifs is 1. The van der Waals surface area contributed by atoms with Gasteiger partial charge in [0.1, 0.15) is 5.75 Å². The summed E-state index contributed by atoms with van der Waals surface area (Å²) >= 11 is 0. The van der Waals surface area contributed by atoms with Gasteiger partial charge in [0.25, 0.3) is 0 Å². The number of anilines is 1. The zero-order valence-corrected chi connectivity index (χ0v) is 20.9. The largest absolute Gasteiger partial charge is 0.507 e. The molecular weight excluding hydrogens is 466 g/mol. The van der Waals surface area contributed by atoms with Crippen LogP contribution in [-0.2, 0) is 0 Å². The van der Waals surface area contributed by atoms with Crippen LogP contribution in [0.4, 0.5) is 10.6 Å². The Labute approximate surface area is 217 Å². The molecule has 1 aromatic heterocycles. The molecule has 3 aromatic rings. The minimum Gasteiger partial charge on any atom is -0.507 e. The first-order valence-electron chi connectivity index (χ1n) is 12.8. The Kier molecular flexibility index (Phi) is 7.52. The number of nitrogens with one attached hydrogen (secondary N) is 1. The number of nitrogens with zero attached hydrogens (tertiary/aromatic N) is 4. The molecule has 2 N–H and O–H groups in total. The Hall–Kier alpha value is -4.09. The number of aromatic nitrogens is 2. The number of phenols is 1. The molecule has 0 aliphatic carbocycles. The summed E-state index contributed by atoms with van der Waals surface area (Å²) < 4.78 is 5.33. The van der Waals surface area contributed by atoms with E-state index in [0.29, 0.717) is 42.9 Å². The monoisotopic (exact) mass is 497 g/mol. The van der Waals surface area contributed by atoms with Crippen LogP contribution in [0.1, 0.15) is 42.4 Å². The summed E-state index contributed by atoms with van der Waals surface area (Å²) in [6.07, 6.45) is 5.04. The van der Waals surface area contributed by atoms with Gasteiger partial charge in [-0.1, -0.05) is 36.1 Å². The van der Waals surface area contributed by atoms with Crippen LogP contribution in [0.15, 0.2) is 60.9 Å². The highest BCUT2D eigenvalue weighted by Crippen LogP contribution is 2.35. The van der Waals surface area contributed by atoms with Crippen LogP contribution in [0.2, 0.25) is 0 Å². The Morgan fingerprint density at radius 2 is 1.92 bits per heavy atom. The van der Waals surface area contributed by atoms with Gasteiger partial charge in [-0.25, -0.2) is 14.8 Å². The van der Waals surface area contributed by atoms with E-state index in [-0.39, 0.29) is 17.8 Å². The van der Waals surface area contributed by atoms with E-state index in [0.717, 1.165) is 31.5 Å². The predicted octanol–water partition coefficient (Wildman–Crippen LogP) is 4.08. The van der Waals surface area contributed by atoms with Crippen molar-refractivity contribution in [1.29, 1.82) is 0 Å². The Bertz CT molecular complexity index is 1280. The fourth-order valence-electron chi connectivity index (χ4n) is 5.12. The number of aromatic hydroxyl groups is 1. The molecule has 2 aliphatic rings. The second-order valence-electron chi connectivity index (χ2n) is 9.29. The molecule has 2 aliphatic heterocycles. The normalized spacial score (nSPS) is 19.3. The second-order valence-corrected chi connectivity index (χ2v) is 9.29. The SMILES string of the molecule is CCOc1cnc(NC(=O)N2CCCN3CC[C@H](c4ccc(C#Cc5ccccc5O)cc4)[C@@H]3C2)cn1. The molecule has 5 rings (SSSR count). The highest BCUT2D eigenvalue weighted by Gasteiger charge is 2.38. The number of amides is 2. The lowest BCUT2D eigenvalue weighted by atomic mass is 9.91. The van der Waals surface area contributed by atoms with Gasteiger partial charge >= 0.3 is 6.03 Å². The summed E-state index contributed by atoms with van der Waals surface area (Å²) in [6.45, 7) is 5.79. The van der Waals surface area contributed by atoms with Crippen LogP contribution in [0.5, 0.6) is 11.6 Å². The van der Waals surface area contributed by atoms with Gasteiger partial charge in [0.2, 0.25) is 5.88 Å². The molecule has 2 atom stereocenters. The summed E-state index contributed by atoms with van der Waals surface area (Å²) in [5.41, 5.74) is 2.78. The summed E-state index contributed by atoms with van der Waals surface area (Å²) in [6, 6.07) is 15.6. The fraction of sp³-hybridized carbons (Fsp3) is 0.345. The smallest absolute Gasteiger partial charge is 0.323 e. The van der Waals surface area contributed by atoms with Gasteiger partial charge in [-0.05, 0) is 56.1 Å². The summed E-state index contributed by atoms with van der Waals surface area (Å²) in [5.74, 6) is 7.57. The molecule has 8 heteroatoms. The first kappa shape index (κ1) is 24.6. The molecule has 2 aromatic carbocycles. The molecule has 2 fully saturated rings. The minimum atomic E-state index is -0.152. The molecule has 8 nitrogen and oxygen atoms in total. The van der Waals surface area contributed by atoms with Gasteiger partial charge < -0.3 is 14.7 Å². The van der Waals surface area contributed by atoms with Gasteiger partial charge in [-0.15, -0.1) is 0 Å². The van der Waals surface area contributed by atoms with E-state index in [2.05, 4.69) is 44.2 Å². The van der Waals surface area contributed by atoms with E-state index in [1.54, 1.807) is 18.2 Å². The lowest BCUT2D eigenvalue weighted by Crippen LogP contribution is -2.43.